The second-order valence-corrected chi connectivity index (χ2v) is 7.04. The Morgan fingerprint density at radius 1 is 1.12 bits per heavy atom. The maximum atomic E-state index is 12.6. The summed E-state index contributed by atoms with van der Waals surface area (Å²) in [4.78, 5) is 24.0. The number of esters is 1. The number of aliphatic hydroxyl groups is 1. The molecule has 0 aromatic heterocycles. The summed E-state index contributed by atoms with van der Waals surface area (Å²) in [5.74, 6) is 0.0414. The van der Waals surface area contributed by atoms with Gasteiger partial charge in [0.2, 0.25) is 0 Å². The van der Waals surface area contributed by atoms with E-state index in [9.17, 15) is 9.59 Å². The Hall–Kier alpha value is -3.26. The summed E-state index contributed by atoms with van der Waals surface area (Å²) in [6.07, 6.45) is -1.89. The Morgan fingerprint density at radius 3 is 2.39 bits per heavy atom. The minimum absolute atomic E-state index is 0.0418. The molecule has 2 aromatic rings. The summed E-state index contributed by atoms with van der Waals surface area (Å²) < 4.78 is 21.7. The normalized spacial score (nSPS) is 12.2. The first-order valence-electron chi connectivity index (χ1n) is 10.1. The van der Waals surface area contributed by atoms with Gasteiger partial charge in [0, 0.05) is 19.2 Å². The van der Waals surface area contributed by atoms with E-state index in [-0.39, 0.29) is 32.0 Å². The number of hydrogen-bond acceptors (Lipinski definition) is 9. The average molecular weight is 475 g/mol. The number of nitriles is 1. The molecule has 9 nitrogen and oxygen atoms in total. The van der Waals surface area contributed by atoms with E-state index in [1.54, 1.807) is 48.5 Å². The number of ether oxygens (including phenoxy) is 4. The highest BCUT2D eigenvalue weighted by molar-refractivity contribution is 7.81. The molecule has 2 aromatic carbocycles. The van der Waals surface area contributed by atoms with Crippen LogP contribution in [0.3, 0.4) is 0 Å². The first-order chi connectivity index (χ1) is 16.0. The lowest BCUT2D eigenvalue weighted by Crippen LogP contribution is -2.29. The van der Waals surface area contributed by atoms with Crippen molar-refractivity contribution in [1.82, 2.24) is 0 Å². The van der Waals surface area contributed by atoms with Crippen molar-refractivity contribution in [1.29, 1.82) is 5.26 Å². The fourth-order valence-corrected chi connectivity index (χ4v) is 2.99. The molecule has 2 atom stereocenters. The molecule has 2 rings (SSSR count). The van der Waals surface area contributed by atoms with Crippen molar-refractivity contribution in [2.75, 3.05) is 38.0 Å². The number of methoxy groups -OCH3 is 1. The topological polar surface area (TPSA) is 127 Å². The Balaban J connectivity index is 2.16. The molecule has 10 heteroatoms. The van der Waals surface area contributed by atoms with Crippen LogP contribution >= 0.6 is 12.6 Å². The zero-order chi connectivity index (χ0) is 24.1. The first kappa shape index (κ1) is 26.0. The summed E-state index contributed by atoms with van der Waals surface area (Å²) in [6.45, 7) is 0.107. The van der Waals surface area contributed by atoms with Gasteiger partial charge in [-0.05, 0) is 42.0 Å². The second-order valence-electron chi connectivity index (χ2n) is 6.72. The third kappa shape index (κ3) is 8.65. The molecule has 0 bridgehead atoms. The monoisotopic (exact) mass is 474 g/mol. The lowest BCUT2D eigenvalue weighted by Gasteiger charge is -2.26. The number of benzene rings is 2. The smallest absolute Gasteiger partial charge is 0.412 e. The lowest BCUT2D eigenvalue weighted by atomic mass is 10.0. The van der Waals surface area contributed by atoms with Crippen molar-refractivity contribution in [2.24, 2.45) is 0 Å². The number of aliphatic hydroxyl groups excluding tert-OH is 1. The summed E-state index contributed by atoms with van der Waals surface area (Å²) in [7, 11) is 1.47. The molecular weight excluding hydrogens is 448 g/mol. The van der Waals surface area contributed by atoms with Crippen LogP contribution in [0, 0.1) is 11.3 Å². The predicted molar refractivity (Wildman–Crippen MR) is 123 cm³/mol. The molecular formula is C23H26N2O7S. The highest BCUT2D eigenvalue weighted by Gasteiger charge is 2.28. The predicted octanol–water partition coefficient (Wildman–Crippen LogP) is 3.10. The number of carbonyl (C=O) groups excluding carboxylic acids is 2. The zero-order valence-electron chi connectivity index (χ0n) is 18.1. The average Bonchev–Trinajstić information content (AvgIpc) is 2.85. The number of rotatable bonds is 12. The fraction of sp³-hybridized carbons (Fsp3) is 0.348. The number of hydrogen-bond donors (Lipinski definition) is 3. The molecule has 0 unspecified atom stereocenters. The van der Waals surface area contributed by atoms with Gasteiger partial charge in [0.25, 0.3) is 0 Å². The quantitative estimate of drug-likeness (QED) is 0.316. The van der Waals surface area contributed by atoms with E-state index < -0.39 is 24.3 Å². The van der Waals surface area contributed by atoms with Gasteiger partial charge in [-0.15, -0.1) is 0 Å². The van der Waals surface area contributed by atoms with Crippen LogP contribution in [0.5, 0.6) is 5.75 Å². The van der Waals surface area contributed by atoms with Crippen LogP contribution in [0.1, 0.15) is 23.7 Å². The summed E-state index contributed by atoms with van der Waals surface area (Å²) in [5.41, 5.74) is 1.56. The van der Waals surface area contributed by atoms with Gasteiger partial charge in [0.15, 0.2) is 6.10 Å². The maximum Gasteiger partial charge on any atom is 0.412 e. The molecule has 33 heavy (non-hydrogen) atoms. The van der Waals surface area contributed by atoms with Crippen LogP contribution in [0.4, 0.5) is 10.5 Å². The van der Waals surface area contributed by atoms with Crippen LogP contribution < -0.4 is 10.1 Å². The van der Waals surface area contributed by atoms with E-state index >= 15 is 0 Å². The van der Waals surface area contributed by atoms with E-state index in [4.69, 9.17) is 29.3 Å². The van der Waals surface area contributed by atoms with Gasteiger partial charge >= 0.3 is 12.1 Å². The van der Waals surface area contributed by atoms with Gasteiger partial charge in [-0.25, -0.2) is 4.79 Å². The van der Waals surface area contributed by atoms with Gasteiger partial charge < -0.3 is 24.1 Å². The van der Waals surface area contributed by atoms with Gasteiger partial charge in [0.1, 0.15) is 18.5 Å². The van der Waals surface area contributed by atoms with Crippen molar-refractivity contribution in [3.05, 3.63) is 59.7 Å². The Kier molecular flexibility index (Phi) is 11.0. The molecule has 0 radical (unpaired) electrons. The molecule has 0 aliphatic rings. The molecule has 176 valence electrons. The Labute approximate surface area is 197 Å². The molecule has 0 saturated carbocycles. The largest absolute Gasteiger partial charge is 0.491 e. The molecule has 0 spiro atoms. The van der Waals surface area contributed by atoms with Gasteiger partial charge in [-0.1, -0.05) is 12.1 Å². The zero-order valence-corrected chi connectivity index (χ0v) is 19.0. The van der Waals surface area contributed by atoms with E-state index in [1.807, 2.05) is 6.07 Å². The minimum atomic E-state index is -0.824. The van der Waals surface area contributed by atoms with Gasteiger partial charge in [-0.3, -0.25) is 10.1 Å². The van der Waals surface area contributed by atoms with Crippen LogP contribution in [-0.2, 0) is 19.0 Å². The molecule has 0 saturated heterocycles. The third-order valence-corrected chi connectivity index (χ3v) is 4.76. The molecule has 0 aliphatic carbocycles. The van der Waals surface area contributed by atoms with Gasteiger partial charge in [-0.2, -0.15) is 17.9 Å². The third-order valence-electron chi connectivity index (χ3n) is 4.50. The fourth-order valence-electron chi connectivity index (χ4n) is 2.89. The Bertz CT molecular complexity index is 929. The highest BCUT2D eigenvalue weighted by Crippen LogP contribution is 2.28. The number of thiol groups is 1. The van der Waals surface area contributed by atoms with Crippen molar-refractivity contribution in [3.8, 4) is 11.8 Å². The van der Waals surface area contributed by atoms with Crippen LogP contribution in [0.25, 0.3) is 0 Å². The van der Waals surface area contributed by atoms with E-state index in [2.05, 4.69) is 17.9 Å². The number of amides is 1. The number of carbonyl (C=O) groups is 2. The minimum Gasteiger partial charge on any atom is -0.491 e. The van der Waals surface area contributed by atoms with E-state index in [1.165, 1.54) is 7.11 Å². The molecule has 0 fully saturated rings. The summed E-state index contributed by atoms with van der Waals surface area (Å²) in [6, 6.07) is 15.2. The highest BCUT2D eigenvalue weighted by atomic mass is 32.1. The first-order valence-corrected chi connectivity index (χ1v) is 10.7. The molecule has 0 heterocycles. The molecule has 2 N–H and O–H groups in total. The van der Waals surface area contributed by atoms with Crippen LogP contribution in [0.15, 0.2) is 48.5 Å². The van der Waals surface area contributed by atoms with E-state index in [0.717, 1.165) is 0 Å². The number of nitrogens with one attached hydrogen (secondary N) is 1. The van der Waals surface area contributed by atoms with Crippen LogP contribution in [-0.4, -0.2) is 56.0 Å². The molecule has 0 aliphatic heterocycles. The SMILES string of the molecule is CO[C@H](CCOC(=O)CS)[C@H](OC(=O)Nc1ccc(C#N)cc1)c1ccc(OCCO)cc1. The number of anilines is 1. The van der Waals surface area contributed by atoms with Gasteiger partial charge in [0.05, 0.1) is 30.6 Å². The van der Waals surface area contributed by atoms with Crippen molar-refractivity contribution in [3.63, 3.8) is 0 Å². The van der Waals surface area contributed by atoms with Crippen molar-refractivity contribution < 1.29 is 33.6 Å². The second kappa shape index (κ2) is 14.0. The summed E-state index contributed by atoms with van der Waals surface area (Å²) in [5, 5.41) is 20.4. The number of nitrogens with zero attached hydrogens (tertiary/aromatic N) is 1. The van der Waals surface area contributed by atoms with E-state index in [0.29, 0.717) is 22.6 Å². The molecule has 1 amide bonds. The standard InChI is InChI=1S/C23H26N2O7S/c1-29-20(10-12-31-21(27)15-33)22(17-4-8-19(9-5-17)30-13-11-26)32-23(28)25-18-6-2-16(14-24)3-7-18/h2-9,20,22,26,33H,10-13,15H2,1H3,(H,25,28)/t20-,22-/m1/s1. The van der Waals surface area contributed by atoms with Crippen molar-refractivity contribution >= 4 is 30.4 Å². The Morgan fingerprint density at radius 2 is 1.82 bits per heavy atom. The summed E-state index contributed by atoms with van der Waals surface area (Å²) >= 11 is 3.87. The maximum absolute atomic E-state index is 12.6. The van der Waals surface area contributed by atoms with Crippen LogP contribution in [0.2, 0.25) is 0 Å². The van der Waals surface area contributed by atoms with Crippen molar-refractivity contribution in [2.45, 2.75) is 18.6 Å². The lowest BCUT2D eigenvalue weighted by molar-refractivity contribution is -0.141.